The van der Waals surface area contributed by atoms with Gasteiger partial charge in [0.2, 0.25) is 15.9 Å². The van der Waals surface area contributed by atoms with Crippen molar-refractivity contribution in [1.29, 1.82) is 0 Å². The minimum atomic E-state index is -3.69. The summed E-state index contributed by atoms with van der Waals surface area (Å²) in [5, 5.41) is 3.16. The maximum atomic E-state index is 12.9. The molecule has 4 rings (SSSR count). The maximum Gasteiger partial charge on any atom is 0.255 e. The fourth-order valence-electron chi connectivity index (χ4n) is 3.78. The van der Waals surface area contributed by atoms with Gasteiger partial charge in [-0.15, -0.1) is 0 Å². The summed E-state index contributed by atoms with van der Waals surface area (Å²) in [6, 6.07) is 20.1. The van der Waals surface area contributed by atoms with Crippen molar-refractivity contribution < 1.29 is 18.0 Å². The van der Waals surface area contributed by atoms with Gasteiger partial charge in [-0.05, 0) is 54.4 Å². The van der Waals surface area contributed by atoms with Crippen LogP contribution in [0, 0.1) is 0 Å². The fraction of sp³-hybridized carbons (Fsp3) is 0.200. The van der Waals surface area contributed by atoms with Gasteiger partial charge in [-0.1, -0.05) is 41.9 Å². The molecular formula is C25H24ClN3O4S. The van der Waals surface area contributed by atoms with Gasteiger partial charge < -0.3 is 10.2 Å². The van der Waals surface area contributed by atoms with Crippen molar-refractivity contribution in [2.75, 3.05) is 23.8 Å². The number of amides is 2. The fourth-order valence-corrected chi connectivity index (χ4v) is 5.16. The molecule has 1 saturated heterocycles. The molecule has 1 heterocycles. The topological polar surface area (TPSA) is 86.8 Å². The second-order valence-electron chi connectivity index (χ2n) is 8.04. The van der Waals surface area contributed by atoms with Crippen molar-refractivity contribution >= 4 is 44.8 Å². The molecule has 0 aliphatic carbocycles. The summed E-state index contributed by atoms with van der Waals surface area (Å²) in [5.74, 6) is -0.408. The zero-order chi connectivity index (χ0) is 24.3. The number of rotatable bonds is 7. The van der Waals surface area contributed by atoms with E-state index < -0.39 is 10.0 Å². The Morgan fingerprint density at radius 2 is 1.76 bits per heavy atom. The van der Waals surface area contributed by atoms with Gasteiger partial charge in [0.25, 0.3) is 5.91 Å². The molecule has 0 saturated carbocycles. The molecule has 1 N–H and O–H groups in total. The first kappa shape index (κ1) is 23.9. The number of halogens is 1. The first-order valence-electron chi connectivity index (χ1n) is 10.8. The summed E-state index contributed by atoms with van der Waals surface area (Å²) in [5.41, 5.74) is 2.19. The number of nitrogens with zero attached hydrogens (tertiary/aromatic N) is 2. The smallest absolute Gasteiger partial charge is 0.255 e. The lowest BCUT2D eigenvalue weighted by atomic mass is 10.1. The number of nitrogens with one attached hydrogen (secondary N) is 1. The van der Waals surface area contributed by atoms with Crippen molar-refractivity contribution in [2.24, 2.45) is 0 Å². The van der Waals surface area contributed by atoms with E-state index in [1.54, 1.807) is 35.2 Å². The van der Waals surface area contributed by atoms with E-state index in [-0.39, 0.29) is 23.3 Å². The van der Waals surface area contributed by atoms with Gasteiger partial charge in [0, 0.05) is 37.8 Å². The zero-order valence-electron chi connectivity index (χ0n) is 18.6. The van der Waals surface area contributed by atoms with E-state index in [4.69, 9.17) is 11.6 Å². The molecule has 0 unspecified atom stereocenters. The summed E-state index contributed by atoms with van der Waals surface area (Å²) in [6.45, 7) is 0.818. The molecule has 9 heteroatoms. The van der Waals surface area contributed by atoms with Crippen LogP contribution in [0.3, 0.4) is 0 Å². The van der Waals surface area contributed by atoms with Gasteiger partial charge >= 0.3 is 0 Å². The lowest BCUT2D eigenvalue weighted by molar-refractivity contribution is -0.117. The first-order valence-corrected chi connectivity index (χ1v) is 12.6. The monoisotopic (exact) mass is 497 g/mol. The summed E-state index contributed by atoms with van der Waals surface area (Å²) >= 11 is 6.26. The van der Waals surface area contributed by atoms with Gasteiger partial charge in [0.1, 0.15) is 0 Å². The molecule has 0 radical (unpaired) electrons. The molecule has 1 aliphatic heterocycles. The molecule has 2 amide bonds. The van der Waals surface area contributed by atoms with Crippen LogP contribution < -0.4 is 10.2 Å². The number of anilines is 2. The molecular weight excluding hydrogens is 474 g/mol. The Bertz CT molecular complexity index is 1310. The van der Waals surface area contributed by atoms with Crippen LogP contribution in [0.5, 0.6) is 0 Å². The summed E-state index contributed by atoms with van der Waals surface area (Å²) in [7, 11) is -2.16. The predicted molar refractivity (Wildman–Crippen MR) is 133 cm³/mol. The third-order valence-electron chi connectivity index (χ3n) is 5.64. The van der Waals surface area contributed by atoms with Crippen molar-refractivity contribution in [3.8, 4) is 0 Å². The van der Waals surface area contributed by atoms with E-state index >= 15 is 0 Å². The van der Waals surface area contributed by atoms with E-state index in [9.17, 15) is 18.0 Å². The molecule has 1 fully saturated rings. The average Bonchev–Trinajstić information content (AvgIpc) is 3.26. The Kier molecular flexibility index (Phi) is 7.02. The molecule has 176 valence electrons. The normalized spacial score (nSPS) is 14.0. The Labute approximate surface area is 204 Å². The maximum absolute atomic E-state index is 12.9. The number of hydrogen-bond acceptors (Lipinski definition) is 4. The number of hydrogen-bond donors (Lipinski definition) is 1. The summed E-state index contributed by atoms with van der Waals surface area (Å²) in [4.78, 5) is 26.6. The van der Waals surface area contributed by atoms with Crippen molar-refractivity contribution in [1.82, 2.24) is 4.31 Å². The highest BCUT2D eigenvalue weighted by Crippen LogP contribution is 2.30. The highest BCUT2D eigenvalue weighted by atomic mass is 35.5. The van der Waals surface area contributed by atoms with Crippen molar-refractivity contribution in [3.05, 3.63) is 88.9 Å². The van der Waals surface area contributed by atoms with E-state index in [2.05, 4.69) is 5.32 Å². The molecule has 0 spiro atoms. The van der Waals surface area contributed by atoms with Crippen LogP contribution in [0.15, 0.2) is 77.7 Å². The third-order valence-corrected chi connectivity index (χ3v) is 7.78. The van der Waals surface area contributed by atoms with Crippen LogP contribution in [0.1, 0.15) is 28.8 Å². The van der Waals surface area contributed by atoms with Crippen LogP contribution in [0.4, 0.5) is 11.4 Å². The minimum absolute atomic E-state index is 0.0199. The molecule has 7 nitrogen and oxygen atoms in total. The predicted octanol–water partition coefficient (Wildman–Crippen LogP) is 4.54. The number of carbonyl (C=O) groups is 2. The van der Waals surface area contributed by atoms with Crippen LogP contribution in [-0.2, 0) is 21.4 Å². The Morgan fingerprint density at radius 1 is 1.06 bits per heavy atom. The van der Waals surface area contributed by atoms with Crippen molar-refractivity contribution in [3.63, 3.8) is 0 Å². The van der Waals surface area contributed by atoms with Crippen LogP contribution in [0.2, 0.25) is 5.02 Å². The SMILES string of the molecule is CN(Cc1ccccc1)S(=O)(=O)c1ccc(NC(=O)c2ccc(Cl)c(N3CCCC3=O)c2)cc1. The quantitative estimate of drug-likeness (QED) is 0.519. The second-order valence-corrected chi connectivity index (χ2v) is 10.5. The average molecular weight is 498 g/mol. The number of carbonyl (C=O) groups excluding carboxylic acids is 2. The van der Waals surface area contributed by atoms with Crippen LogP contribution in [-0.4, -0.2) is 38.1 Å². The Morgan fingerprint density at radius 3 is 2.41 bits per heavy atom. The van der Waals surface area contributed by atoms with Gasteiger partial charge in [-0.25, -0.2) is 8.42 Å². The van der Waals surface area contributed by atoms with Gasteiger partial charge in [0.05, 0.1) is 15.6 Å². The van der Waals surface area contributed by atoms with Crippen LogP contribution >= 0.6 is 11.6 Å². The molecule has 0 bridgehead atoms. The number of sulfonamides is 1. The lowest BCUT2D eigenvalue weighted by Gasteiger charge is -2.18. The van der Waals surface area contributed by atoms with Gasteiger partial charge in [-0.3, -0.25) is 9.59 Å². The Hall–Kier alpha value is -3.20. The lowest BCUT2D eigenvalue weighted by Crippen LogP contribution is -2.26. The second kappa shape index (κ2) is 9.97. The van der Waals surface area contributed by atoms with Crippen molar-refractivity contribution in [2.45, 2.75) is 24.3 Å². The van der Waals surface area contributed by atoms with Gasteiger partial charge in [0.15, 0.2) is 0 Å². The van der Waals surface area contributed by atoms with Gasteiger partial charge in [-0.2, -0.15) is 4.31 Å². The molecule has 0 atom stereocenters. The van der Waals surface area contributed by atoms with Crippen LogP contribution in [0.25, 0.3) is 0 Å². The number of benzene rings is 3. The van der Waals surface area contributed by atoms with E-state index in [1.165, 1.54) is 23.5 Å². The highest BCUT2D eigenvalue weighted by Gasteiger charge is 2.25. The minimum Gasteiger partial charge on any atom is -0.322 e. The van der Waals surface area contributed by atoms with E-state index in [1.807, 2.05) is 30.3 Å². The standard InChI is InChI=1S/C25H24ClN3O4S/c1-28(17-18-6-3-2-4-7-18)34(32,33)21-12-10-20(11-13-21)27-25(31)19-9-14-22(26)23(16-19)29-15-5-8-24(29)30/h2-4,6-7,9-14,16H,5,8,15,17H2,1H3,(H,27,31). The molecule has 3 aromatic rings. The van der Waals surface area contributed by atoms with E-state index in [0.29, 0.717) is 34.9 Å². The first-order chi connectivity index (χ1) is 16.3. The largest absolute Gasteiger partial charge is 0.322 e. The zero-order valence-corrected chi connectivity index (χ0v) is 20.1. The summed E-state index contributed by atoms with van der Waals surface area (Å²) < 4.78 is 27.1. The molecule has 3 aromatic carbocycles. The van der Waals surface area contributed by atoms with E-state index in [0.717, 1.165) is 12.0 Å². The highest BCUT2D eigenvalue weighted by molar-refractivity contribution is 7.89. The molecule has 0 aromatic heterocycles. The third kappa shape index (κ3) is 5.14. The summed E-state index contributed by atoms with van der Waals surface area (Å²) in [6.07, 6.45) is 1.21. The molecule has 34 heavy (non-hydrogen) atoms. The molecule has 1 aliphatic rings. The Balaban J connectivity index is 1.46.